The third-order valence-electron chi connectivity index (χ3n) is 2.59. The van der Waals surface area contributed by atoms with E-state index in [0.717, 1.165) is 0 Å². The molecule has 0 aromatic rings. The molecule has 82 valence electrons. The Labute approximate surface area is 85.5 Å². The molecule has 0 unspecified atom stereocenters. The van der Waals surface area contributed by atoms with E-state index < -0.39 is 0 Å². The summed E-state index contributed by atoms with van der Waals surface area (Å²) in [6.07, 6.45) is 2.55. The van der Waals surface area contributed by atoms with E-state index in [1.165, 1.54) is 12.8 Å². The summed E-state index contributed by atoms with van der Waals surface area (Å²) >= 11 is 0. The molecular formula is C12H29N. The summed E-state index contributed by atoms with van der Waals surface area (Å²) in [4.78, 5) is 2.44. The molecule has 0 aliphatic heterocycles. The Morgan fingerprint density at radius 2 is 1.54 bits per heavy atom. The molecule has 0 aromatic heterocycles. The van der Waals surface area contributed by atoms with Crippen LogP contribution in [-0.4, -0.2) is 23.5 Å². The van der Waals surface area contributed by atoms with Gasteiger partial charge in [-0.2, -0.15) is 0 Å². The predicted molar refractivity (Wildman–Crippen MR) is 63.2 cm³/mol. The van der Waals surface area contributed by atoms with E-state index in [4.69, 9.17) is 0 Å². The fourth-order valence-electron chi connectivity index (χ4n) is 1.49. The molecule has 0 saturated carbocycles. The topological polar surface area (TPSA) is 3.24 Å². The quantitative estimate of drug-likeness (QED) is 0.644. The zero-order chi connectivity index (χ0) is 11.1. The molecule has 0 bridgehead atoms. The molecule has 0 radical (unpaired) electrons. The van der Waals surface area contributed by atoms with Gasteiger partial charge in [0.25, 0.3) is 0 Å². The van der Waals surface area contributed by atoms with Gasteiger partial charge in [-0.15, -0.1) is 0 Å². The van der Waals surface area contributed by atoms with E-state index in [1.54, 1.807) is 0 Å². The Kier molecular flexibility index (Phi) is 8.75. The summed E-state index contributed by atoms with van der Waals surface area (Å²) in [5, 5.41) is 0. The first-order valence-electron chi connectivity index (χ1n) is 5.64. The Bertz CT molecular complexity index is 106. The molecule has 1 heteroatoms. The molecule has 13 heavy (non-hydrogen) atoms. The Hall–Kier alpha value is -0.0400. The van der Waals surface area contributed by atoms with Crippen LogP contribution < -0.4 is 0 Å². The fraction of sp³-hybridized carbons (Fsp3) is 1.00. The highest BCUT2D eigenvalue weighted by molar-refractivity contribution is 4.80. The van der Waals surface area contributed by atoms with Crippen molar-refractivity contribution in [3.05, 3.63) is 0 Å². The van der Waals surface area contributed by atoms with Gasteiger partial charge in [0, 0.05) is 11.6 Å². The van der Waals surface area contributed by atoms with E-state index in [1.807, 2.05) is 13.8 Å². The predicted octanol–water partition coefficient (Wildman–Crippen LogP) is 3.93. The van der Waals surface area contributed by atoms with Gasteiger partial charge < -0.3 is 0 Å². The SMILES string of the molecule is CC.CCCC(C)(C)N(C)C(C)C. The van der Waals surface area contributed by atoms with Crippen LogP contribution in [0.4, 0.5) is 0 Å². The second-order valence-electron chi connectivity index (χ2n) is 4.27. The summed E-state index contributed by atoms with van der Waals surface area (Å²) in [7, 11) is 2.21. The van der Waals surface area contributed by atoms with Crippen LogP contribution in [-0.2, 0) is 0 Å². The zero-order valence-corrected chi connectivity index (χ0v) is 10.9. The Morgan fingerprint density at radius 1 is 1.15 bits per heavy atom. The van der Waals surface area contributed by atoms with Gasteiger partial charge in [0.05, 0.1) is 0 Å². The molecule has 0 fully saturated rings. The monoisotopic (exact) mass is 187 g/mol. The first kappa shape index (κ1) is 15.4. The highest BCUT2D eigenvalue weighted by atomic mass is 15.2. The highest BCUT2D eigenvalue weighted by Gasteiger charge is 2.23. The van der Waals surface area contributed by atoms with Gasteiger partial charge in [0.1, 0.15) is 0 Å². The molecule has 0 heterocycles. The fourth-order valence-corrected chi connectivity index (χ4v) is 1.49. The van der Waals surface area contributed by atoms with Crippen molar-refractivity contribution in [2.45, 2.75) is 72.9 Å². The Morgan fingerprint density at radius 3 is 1.77 bits per heavy atom. The summed E-state index contributed by atoms with van der Waals surface area (Å²) in [6, 6.07) is 0.650. The number of nitrogens with zero attached hydrogens (tertiary/aromatic N) is 1. The van der Waals surface area contributed by atoms with Gasteiger partial charge >= 0.3 is 0 Å². The van der Waals surface area contributed by atoms with Crippen LogP contribution in [0.3, 0.4) is 0 Å². The van der Waals surface area contributed by atoms with Gasteiger partial charge in [-0.1, -0.05) is 27.2 Å². The number of hydrogen-bond acceptors (Lipinski definition) is 1. The second-order valence-corrected chi connectivity index (χ2v) is 4.27. The summed E-state index contributed by atoms with van der Waals surface area (Å²) < 4.78 is 0. The van der Waals surface area contributed by atoms with Gasteiger partial charge in [-0.3, -0.25) is 4.90 Å². The second kappa shape index (κ2) is 7.37. The maximum Gasteiger partial charge on any atom is 0.0152 e. The summed E-state index contributed by atoms with van der Waals surface area (Å²) in [6.45, 7) is 15.4. The van der Waals surface area contributed by atoms with Crippen molar-refractivity contribution in [1.82, 2.24) is 4.90 Å². The van der Waals surface area contributed by atoms with E-state index >= 15 is 0 Å². The molecule has 0 atom stereocenters. The standard InChI is InChI=1S/C10H23N.C2H6/c1-7-8-10(4,5)11(6)9(2)3;1-2/h9H,7-8H2,1-6H3;1-2H3. The number of rotatable bonds is 4. The molecule has 0 amide bonds. The molecule has 0 aromatic carbocycles. The van der Waals surface area contributed by atoms with Gasteiger partial charge in [-0.25, -0.2) is 0 Å². The smallest absolute Gasteiger partial charge is 0.0152 e. The van der Waals surface area contributed by atoms with Gasteiger partial charge in [-0.05, 0) is 41.2 Å². The van der Waals surface area contributed by atoms with E-state index in [0.29, 0.717) is 11.6 Å². The van der Waals surface area contributed by atoms with E-state index in [-0.39, 0.29) is 0 Å². The lowest BCUT2D eigenvalue weighted by Gasteiger charge is -2.38. The summed E-state index contributed by atoms with van der Waals surface area (Å²) in [5.41, 5.74) is 0.364. The van der Waals surface area contributed by atoms with Crippen LogP contribution in [0.2, 0.25) is 0 Å². The minimum atomic E-state index is 0.364. The van der Waals surface area contributed by atoms with E-state index in [9.17, 15) is 0 Å². The lowest BCUT2D eigenvalue weighted by molar-refractivity contribution is 0.109. The van der Waals surface area contributed by atoms with Crippen LogP contribution in [0, 0.1) is 0 Å². The largest absolute Gasteiger partial charge is 0.299 e. The van der Waals surface area contributed by atoms with Crippen molar-refractivity contribution in [1.29, 1.82) is 0 Å². The molecule has 1 nitrogen and oxygen atoms in total. The molecule has 0 spiro atoms. The molecular weight excluding hydrogens is 158 g/mol. The average Bonchev–Trinajstić information content (AvgIpc) is 2.06. The van der Waals surface area contributed by atoms with Crippen molar-refractivity contribution in [3.63, 3.8) is 0 Å². The van der Waals surface area contributed by atoms with Crippen molar-refractivity contribution < 1.29 is 0 Å². The minimum absolute atomic E-state index is 0.364. The average molecular weight is 187 g/mol. The third-order valence-corrected chi connectivity index (χ3v) is 2.59. The maximum atomic E-state index is 2.44. The van der Waals surface area contributed by atoms with Crippen molar-refractivity contribution in [2.75, 3.05) is 7.05 Å². The van der Waals surface area contributed by atoms with Crippen LogP contribution in [0.1, 0.15) is 61.3 Å². The van der Waals surface area contributed by atoms with Crippen LogP contribution >= 0.6 is 0 Å². The summed E-state index contributed by atoms with van der Waals surface area (Å²) in [5.74, 6) is 0. The maximum absolute atomic E-state index is 2.44. The lowest BCUT2D eigenvalue weighted by Crippen LogP contribution is -2.44. The van der Waals surface area contributed by atoms with Crippen LogP contribution in [0.5, 0.6) is 0 Å². The zero-order valence-electron chi connectivity index (χ0n) is 10.9. The molecule has 0 aliphatic carbocycles. The normalized spacial score (nSPS) is 11.5. The lowest BCUT2D eigenvalue weighted by atomic mass is 9.96. The van der Waals surface area contributed by atoms with Gasteiger partial charge in [0.2, 0.25) is 0 Å². The first-order valence-corrected chi connectivity index (χ1v) is 5.64. The van der Waals surface area contributed by atoms with E-state index in [2.05, 4.69) is 46.6 Å². The first-order chi connectivity index (χ1) is 5.91. The highest BCUT2D eigenvalue weighted by Crippen LogP contribution is 2.20. The van der Waals surface area contributed by atoms with Crippen molar-refractivity contribution in [2.24, 2.45) is 0 Å². The van der Waals surface area contributed by atoms with Crippen LogP contribution in [0.25, 0.3) is 0 Å². The molecule has 0 rings (SSSR count). The molecule has 0 saturated heterocycles. The van der Waals surface area contributed by atoms with Crippen molar-refractivity contribution >= 4 is 0 Å². The molecule has 0 aliphatic rings. The Balaban J connectivity index is 0. The van der Waals surface area contributed by atoms with Crippen LogP contribution in [0.15, 0.2) is 0 Å². The molecule has 0 N–H and O–H groups in total. The minimum Gasteiger partial charge on any atom is -0.299 e. The van der Waals surface area contributed by atoms with Crippen molar-refractivity contribution in [3.8, 4) is 0 Å². The number of hydrogen-bond donors (Lipinski definition) is 0. The van der Waals surface area contributed by atoms with Gasteiger partial charge in [0.15, 0.2) is 0 Å². The third kappa shape index (κ3) is 6.09.